The van der Waals surface area contributed by atoms with Crippen LogP contribution in [0, 0.1) is 0 Å². The average Bonchev–Trinajstić information content (AvgIpc) is 2.37. The highest BCUT2D eigenvalue weighted by molar-refractivity contribution is 9.11. The van der Waals surface area contributed by atoms with Gasteiger partial charge < -0.3 is 10.2 Å². The normalized spacial score (nSPS) is 10.2. The summed E-state index contributed by atoms with van der Waals surface area (Å²) in [5.74, 6) is -0.178. The first-order chi connectivity index (χ1) is 9.47. The maximum Gasteiger partial charge on any atom is 0.255 e. The molecule has 1 aromatic heterocycles. The van der Waals surface area contributed by atoms with Crippen molar-refractivity contribution in [3.05, 3.63) is 51.2 Å². The number of hydrogen-bond acceptors (Lipinski definition) is 3. The number of aromatic nitrogens is 1. The van der Waals surface area contributed by atoms with E-state index in [1.165, 1.54) is 0 Å². The zero-order valence-corrected chi connectivity index (χ0v) is 14.2. The number of anilines is 2. The van der Waals surface area contributed by atoms with E-state index in [0.29, 0.717) is 11.3 Å². The van der Waals surface area contributed by atoms with Crippen LogP contribution in [-0.2, 0) is 0 Å². The molecule has 0 spiro atoms. The molecule has 0 radical (unpaired) electrons. The molecular formula is C14H13Br2N3O. The van der Waals surface area contributed by atoms with Crippen molar-refractivity contribution in [3.8, 4) is 0 Å². The Kier molecular flexibility index (Phi) is 4.77. The molecule has 104 valence electrons. The lowest BCUT2D eigenvalue weighted by Gasteiger charge is -2.17. The van der Waals surface area contributed by atoms with Gasteiger partial charge in [-0.15, -0.1) is 0 Å². The summed E-state index contributed by atoms with van der Waals surface area (Å²) >= 11 is 6.75. The van der Waals surface area contributed by atoms with E-state index >= 15 is 0 Å². The Morgan fingerprint density at radius 3 is 2.45 bits per heavy atom. The molecule has 0 aliphatic carbocycles. The summed E-state index contributed by atoms with van der Waals surface area (Å²) < 4.78 is 1.69. The number of carbonyl (C=O) groups is 1. The zero-order valence-electron chi connectivity index (χ0n) is 11.0. The molecule has 0 aliphatic rings. The predicted octanol–water partition coefficient (Wildman–Crippen LogP) is 3.92. The highest BCUT2D eigenvalue weighted by Gasteiger charge is 2.11. The summed E-state index contributed by atoms with van der Waals surface area (Å²) in [6.45, 7) is 0. The van der Waals surface area contributed by atoms with Gasteiger partial charge in [-0.1, -0.05) is 31.9 Å². The van der Waals surface area contributed by atoms with Gasteiger partial charge in [-0.2, -0.15) is 0 Å². The largest absolute Gasteiger partial charge is 0.376 e. The third-order valence-electron chi connectivity index (χ3n) is 2.65. The van der Waals surface area contributed by atoms with Crippen LogP contribution in [0.15, 0.2) is 45.6 Å². The van der Waals surface area contributed by atoms with Crippen molar-refractivity contribution in [2.45, 2.75) is 0 Å². The van der Waals surface area contributed by atoms with Crippen molar-refractivity contribution < 1.29 is 4.79 Å². The third kappa shape index (κ3) is 3.58. The van der Waals surface area contributed by atoms with Crippen LogP contribution in [0.25, 0.3) is 0 Å². The van der Waals surface area contributed by atoms with Gasteiger partial charge in [0.1, 0.15) is 0 Å². The fraction of sp³-hybridized carbons (Fsp3) is 0.143. The topological polar surface area (TPSA) is 45.2 Å². The Balaban J connectivity index is 2.28. The smallest absolute Gasteiger partial charge is 0.255 e. The monoisotopic (exact) mass is 397 g/mol. The standard InChI is InChI=1S/C14H13Br2N3O/c1-19(2)13-3-4-17-8-12(13)18-14(20)9-5-10(15)7-11(16)6-9/h3-8H,1-2H3,(H,18,20). The van der Waals surface area contributed by atoms with E-state index in [-0.39, 0.29) is 5.91 Å². The quantitative estimate of drug-likeness (QED) is 0.851. The number of hydrogen-bond donors (Lipinski definition) is 1. The number of nitrogens with one attached hydrogen (secondary N) is 1. The minimum absolute atomic E-state index is 0.178. The molecule has 1 heterocycles. The van der Waals surface area contributed by atoms with E-state index in [9.17, 15) is 4.79 Å². The van der Waals surface area contributed by atoms with Crippen LogP contribution in [0.5, 0.6) is 0 Å². The first-order valence-electron chi connectivity index (χ1n) is 5.86. The second-order valence-electron chi connectivity index (χ2n) is 4.40. The maximum absolute atomic E-state index is 12.3. The molecule has 2 rings (SSSR count). The molecular weight excluding hydrogens is 386 g/mol. The average molecular weight is 399 g/mol. The van der Waals surface area contributed by atoms with Gasteiger partial charge in [0.25, 0.3) is 5.91 Å². The van der Waals surface area contributed by atoms with Gasteiger partial charge in [0.05, 0.1) is 17.6 Å². The number of benzene rings is 1. The summed E-state index contributed by atoms with van der Waals surface area (Å²) in [7, 11) is 3.83. The number of rotatable bonds is 3. The summed E-state index contributed by atoms with van der Waals surface area (Å²) in [6.07, 6.45) is 3.33. The minimum Gasteiger partial charge on any atom is -0.376 e. The third-order valence-corrected chi connectivity index (χ3v) is 3.57. The second kappa shape index (κ2) is 6.37. The van der Waals surface area contributed by atoms with E-state index in [1.807, 2.05) is 31.1 Å². The fourth-order valence-corrected chi connectivity index (χ4v) is 3.05. The van der Waals surface area contributed by atoms with Crippen LogP contribution in [-0.4, -0.2) is 25.0 Å². The summed E-state index contributed by atoms with van der Waals surface area (Å²) in [4.78, 5) is 18.3. The lowest BCUT2D eigenvalue weighted by Crippen LogP contribution is -2.17. The molecule has 1 amide bonds. The molecule has 1 N–H and O–H groups in total. The molecule has 20 heavy (non-hydrogen) atoms. The van der Waals surface area contributed by atoms with E-state index in [1.54, 1.807) is 24.5 Å². The van der Waals surface area contributed by atoms with Gasteiger partial charge in [0.15, 0.2) is 0 Å². The van der Waals surface area contributed by atoms with Gasteiger partial charge in [0, 0.05) is 34.8 Å². The number of nitrogens with zero attached hydrogens (tertiary/aromatic N) is 2. The Labute approximate surface area is 134 Å². The maximum atomic E-state index is 12.3. The second-order valence-corrected chi connectivity index (χ2v) is 6.23. The van der Waals surface area contributed by atoms with Gasteiger partial charge in [0.2, 0.25) is 0 Å². The van der Waals surface area contributed by atoms with Crippen molar-refractivity contribution in [2.75, 3.05) is 24.3 Å². The number of amides is 1. The molecule has 0 bridgehead atoms. The van der Waals surface area contributed by atoms with Crippen molar-refractivity contribution in [1.29, 1.82) is 0 Å². The lowest BCUT2D eigenvalue weighted by atomic mass is 10.2. The summed E-state index contributed by atoms with van der Waals surface area (Å²) in [5.41, 5.74) is 2.15. The van der Waals surface area contributed by atoms with E-state index in [4.69, 9.17) is 0 Å². The molecule has 2 aromatic rings. The van der Waals surface area contributed by atoms with Crippen molar-refractivity contribution in [1.82, 2.24) is 4.98 Å². The predicted molar refractivity (Wildman–Crippen MR) is 88.4 cm³/mol. The van der Waals surface area contributed by atoms with Crippen LogP contribution in [0.3, 0.4) is 0 Å². The van der Waals surface area contributed by atoms with Crippen LogP contribution < -0.4 is 10.2 Å². The zero-order chi connectivity index (χ0) is 14.7. The Hall–Kier alpha value is -1.40. The molecule has 0 unspecified atom stereocenters. The van der Waals surface area contributed by atoms with Crippen molar-refractivity contribution in [2.24, 2.45) is 0 Å². The summed E-state index contributed by atoms with van der Waals surface area (Å²) in [6, 6.07) is 7.27. The molecule has 0 saturated heterocycles. The van der Waals surface area contributed by atoms with Crippen LogP contribution in [0.4, 0.5) is 11.4 Å². The SMILES string of the molecule is CN(C)c1ccncc1NC(=O)c1cc(Br)cc(Br)c1. The highest BCUT2D eigenvalue weighted by Crippen LogP contribution is 2.24. The molecule has 0 saturated carbocycles. The van der Waals surface area contributed by atoms with Crippen LogP contribution in [0.1, 0.15) is 10.4 Å². The van der Waals surface area contributed by atoms with Crippen molar-refractivity contribution in [3.63, 3.8) is 0 Å². The Morgan fingerprint density at radius 2 is 1.85 bits per heavy atom. The first kappa shape index (κ1) is 15.0. The van der Waals surface area contributed by atoms with Gasteiger partial charge in [-0.05, 0) is 24.3 Å². The van der Waals surface area contributed by atoms with E-state index in [0.717, 1.165) is 14.6 Å². The molecule has 6 heteroatoms. The summed E-state index contributed by atoms with van der Waals surface area (Å²) in [5, 5.41) is 2.88. The van der Waals surface area contributed by atoms with Crippen LogP contribution in [0.2, 0.25) is 0 Å². The number of pyridine rings is 1. The molecule has 1 aromatic carbocycles. The van der Waals surface area contributed by atoms with Gasteiger partial charge in [-0.3, -0.25) is 9.78 Å². The number of carbonyl (C=O) groups excluding carboxylic acids is 1. The fourth-order valence-electron chi connectivity index (χ4n) is 1.75. The lowest BCUT2D eigenvalue weighted by molar-refractivity contribution is 0.102. The minimum atomic E-state index is -0.178. The molecule has 0 fully saturated rings. The first-order valence-corrected chi connectivity index (χ1v) is 7.45. The molecule has 0 aliphatic heterocycles. The molecule has 4 nitrogen and oxygen atoms in total. The van der Waals surface area contributed by atoms with Crippen molar-refractivity contribution >= 4 is 49.1 Å². The Morgan fingerprint density at radius 1 is 1.20 bits per heavy atom. The van der Waals surface area contributed by atoms with E-state index < -0.39 is 0 Å². The Bertz CT molecular complexity index is 624. The highest BCUT2D eigenvalue weighted by atomic mass is 79.9. The van der Waals surface area contributed by atoms with E-state index in [2.05, 4.69) is 42.2 Å². The van der Waals surface area contributed by atoms with Crippen LogP contribution >= 0.6 is 31.9 Å². The van der Waals surface area contributed by atoms with Gasteiger partial charge >= 0.3 is 0 Å². The van der Waals surface area contributed by atoms with Gasteiger partial charge in [-0.25, -0.2) is 0 Å². The number of halogens is 2. The molecule has 0 atom stereocenters.